The first-order valence-electron chi connectivity index (χ1n) is 6.10. The number of nitrogens with zero attached hydrogens (tertiary/aromatic N) is 1. The molecule has 0 spiro atoms. The van der Waals surface area contributed by atoms with Gasteiger partial charge in [0, 0.05) is 11.8 Å². The molecule has 0 aliphatic carbocycles. The fraction of sp³-hybridized carbons (Fsp3) is 0.214. The van der Waals surface area contributed by atoms with Crippen LogP contribution in [0.15, 0.2) is 47.8 Å². The van der Waals surface area contributed by atoms with Crippen molar-refractivity contribution in [2.75, 3.05) is 13.1 Å². The van der Waals surface area contributed by atoms with Crippen molar-refractivity contribution in [1.29, 1.82) is 0 Å². The lowest BCUT2D eigenvalue weighted by Crippen LogP contribution is -2.31. The molecule has 2 rings (SSSR count). The van der Waals surface area contributed by atoms with Gasteiger partial charge in [0.2, 0.25) is 5.91 Å². The fourth-order valence-corrected chi connectivity index (χ4v) is 1.99. The molecular weight excluding hydrogens is 242 g/mol. The van der Waals surface area contributed by atoms with Gasteiger partial charge in [-0.2, -0.15) is 0 Å². The Bertz CT molecular complexity index is 578. The van der Waals surface area contributed by atoms with Crippen molar-refractivity contribution in [3.8, 4) is 0 Å². The van der Waals surface area contributed by atoms with E-state index in [2.05, 4.69) is 16.0 Å². The number of carbonyl (C=O) groups is 1. The number of carbonyl (C=O) groups excluding carboxylic acids is 1. The van der Waals surface area contributed by atoms with Crippen LogP contribution in [-0.2, 0) is 11.2 Å². The van der Waals surface area contributed by atoms with E-state index in [-0.39, 0.29) is 5.91 Å². The van der Waals surface area contributed by atoms with Crippen molar-refractivity contribution >= 4 is 16.7 Å². The van der Waals surface area contributed by atoms with E-state index in [1.807, 2.05) is 42.5 Å². The molecule has 0 atom stereocenters. The Labute approximate surface area is 110 Å². The van der Waals surface area contributed by atoms with Gasteiger partial charge >= 0.3 is 0 Å². The third kappa shape index (κ3) is 3.51. The molecule has 0 aliphatic heterocycles. The Morgan fingerprint density at radius 1 is 1.05 bits per heavy atom. The molecule has 2 aromatic carbocycles. The maximum atomic E-state index is 11.8. The van der Waals surface area contributed by atoms with Crippen LogP contribution in [0.1, 0.15) is 5.56 Å². The summed E-state index contributed by atoms with van der Waals surface area (Å²) in [4.78, 5) is 21.6. The minimum atomic E-state index is -0.0657. The van der Waals surface area contributed by atoms with Gasteiger partial charge in [-0.15, -0.1) is 4.91 Å². The normalized spacial score (nSPS) is 10.1. The first-order valence-corrected chi connectivity index (χ1v) is 6.10. The Kier molecular flexibility index (Phi) is 4.44. The lowest BCUT2D eigenvalue weighted by Gasteiger charge is -2.07. The third-order valence-corrected chi connectivity index (χ3v) is 2.85. The molecule has 0 aromatic heterocycles. The van der Waals surface area contributed by atoms with Crippen LogP contribution >= 0.6 is 0 Å². The Morgan fingerprint density at radius 3 is 2.68 bits per heavy atom. The standard InChI is InChI=1S/C14H15N3O2/c18-14(15-8-9-16-17-19)10-12-6-3-5-11-4-1-2-7-13(11)12/h1-7H,8-10H2,(H,15,18)(H,16,19). The summed E-state index contributed by atoms with van der Waals surface area (Å²) in [7, 11) is 0. The number of benzene rings is 2. The Morgan fingerprint density at radius 2 is 1.84 bits per heavy atom. The van der Waals surface area contributed by atoms with Gasteiger partial charge in [-0.1, -0.05) is 42.5 Å². The van der Waals surface area contributed by atoms with Crippen LogP contribution in [0.4, 0.5) is 0 Å². The summed E-state index contributed by atoms with van der Waals surface area (Å²) < 4.78 is 0. The highest BCUT2D eigenvalue weighted by Crippen LogP contribution is 2.18. The molecule has 2 N–H and O–H groups in total. The van der Waals surface area contributed by atoms with E-state index in [4.69, 9.17) is 0 Å². The number of hydrogen-bond donors (Lipinski definition) is 2. The van der Waals surface area contributed by atoms with E-state index in [0.29, 0.717) is 19.5 Å². The molecule has 0 saturated heterocycles. The van der Waals surface area contributed by atoms with Crippen LogP contribution in [0.3, 0.4) is 0 Å². The number of hydrogen-bond acceptors (Lipinski definition) is 3. The minimum Gasteiger partial charge on any atom is -0.354 e. The molecule has 98 valence electrons. The lowest BCUT2D eigenvalue weighted by molar-refractivity contribution is -0.120. The lowest BCUT2D eigenvalue weighted by atomic mass is 10.0. The van der Waals surface area contributed by atoms with E-state index in [0.717, 1.165) is 16.3 Å². The van der Waals surface area contributed by atoms with Gasteiger partial charge in [0.1, 0.15) is 0 Å². The van der Waals surface area contributed by atoms with Crippen molar-refractivity contribution in [2.45, 2.75) is 6.42 Å². The molecule has 0 unspecified atom stereocenters. The molecule has 1 amide bonds. The van der Waals surface area contributed by atoms with Gasteiger partial charge in [0.05, 0.1) is 13.0 Å². The van der Waals surface area contributed by atoms with Gasteiger partial charge in [-0.3, -0.25) is 10.2 Å². The average molecular weight is 257 g/mol. The maximum absolute atomic E-state index is 11.8. The molecule has 0 saturated carbocycles. The summed E-state index contributed by atoms with van der Waals surface area (Å²) in [5.41, 5.74) is 3.25. The smallest absolute Gasteiger partial charge is 0.224 e. The van der Waals surface area contributed by atoms with Crippen LogP contribution in [0.5, 0.6) is 0 Å². The second kappa shape index (κ2) is 6.49. The monoisotopic (exact) mass is 257 g/mol. The zero-order valence-electron chi connectivity index (χ0n) is 10.4. The van der Waals surface area contributed by atoms with Crippen LogP contribution in [0.25, 0.3) is 10.8 Å². The van der Waals surface area contributed by atoms with Gasteiger partial charge in [-0.05, 0) is 16.3 Å². The highest BCUT2D eigenvalue weighted by atomic mass is 16.3. The summed E-state index contributed by atoms with van der Waals surface area (Å²) in [6.07, 6.45) is 0.329. The van der Waals surface area contributed by atoms with Gasteiger partial charge in [-0.25, -0.2) is 0 Å². The van der Waals surface area contributed by atoms with E-state index in [1.165, 1.54) is 0 Å². The Balaban J connectivity index is 2.01. The van der Waals surface area contributed by atoms with Crippen LogP contribution < -0.4 is 10.7 Å². The summed E-state index contributed by atoms with van der Waals surface area (Å²) in [5.74, 6) is -0.0657. The molecule has 2 aromatic rings. The van der Waals surface area contributed by atoms with E-state index < -0.39 is 0 Å². The second-order valence-electron chi connectivity index (χ2n) is 4.16. The summed E-state index contributed by atoms with van der Waals surface area (Å²) in [6, 6.07) is 13.9. The zero-order valence-corrected chi connectivity index (χ0v) is 10.4. The fourth-order valence-electron chi connectivity index (χ4n) is 1.99. The van der Waals surface area contributed by atoms with Gasteiger partial charge in [0.25, 0.3) is 0 Å². The van der Waals surface area contributed by atoms with Crippen molar-refractivity contribution in [3.63, 3.8) is 0 Å². The average Bonchev–Trinajstić information content (AvgIpc) is 2.44. The molecule has 5 heteroatoms. The van der Waals surface area contributed by atoms with Gasteiger partial charge < -0.3 is 5.32 Å². The van der Waals surface area contributed by atoms with Crippen LogP contribution in [-0.4, -0.2) is 19.0 Å². The molecular formula is C14H15N3O2. The maximum Gasteiger partial charge on any atom is 0.224 e. The van der Waals surface area contributed by atoms with E-state index in [1.54, 1.807) is 0 Å². The largest absolute Gasteiger partial charge is 0.354 e. The number of rotatable bonds is 6. The topological polar surface area (TPSA) is 70.6 Å². The quantitative estimate of drug-likeness (QED) is 0.470. The highest BCUT2D eigenvalue weighted by Gasteiger charge is 2.05. The second-order valence-corrected chi connectivity index (χ2v) is 4.16. The van der Waals surface area contributed by atoms with Crippen molar-refractivity contribution < 1.29 is 4.79 Å². The number of nitroso groups, excluding NO2 is 1. The Hall–Kier alpha value is -2.43. The number of amides is 1. The molecule has 0 heterocycles. The predicted octanol–water partition coefficient (Wildman–Crippen LogP) is 1.77. The molecule has 0 aliphatic rings. The van der Waals surface area contributed by atoms with E-state index >= 15 is 0 Å². The molecule has 19 heavy (non-hydrogen) atoms. The number of nitrogens with one attached hydrogen (secondary N) is 2. The molecule has 0 fully saturated rings. The van der Waals surface area contributed by atoms with Crippen LogP contribution in [0.2, 0.25) is 0 Å². The zero-order chi connectivity index (χ0) is 13.5. The number of fused-ring (bicyclic) bond motifs is 1. The summed E-state index contributed by atoms with van der Waals surface area (Å²) in [5, 5.41) is 7.45. The predicted molar refractivity (Wildman–Crippen MR) is 74.5 cm³/mol. The highest BCUT2D eigenvalue weighted by molar-refractivity contribution is 5.90. The van der Waals surface area contributed by atoms with Crippen molar-refractivity contribution in [2.24, 2.45) is 5.29 Å². The summed E-state index contributed by atoms with van der Waals surface area (Å²) in [6.45, 7) is 0.722. The third-order valence-electron chi connectivity index (χ3n) is 2.85. The van der Waals surface area contributed by atoms with Gasteiger partial charge in [0.15, 0.2) is 0 Å². The van der Waals surface area contributed by atoms with Crippen LogP contribution in [0, 0.1) is 4.91 Å². The molecule has 0 bridgehead atoms. The molecule has 5 nitrogen and oxygen atoms in total. The summed E-state index contributed by atoms with van der Waals surface area (Å²) >= 11 is 0. The van der Waals surface area contributed by atoms with Crippen molar-refractivity contribution in [1.82, 2.24) is 10.7 Å². The first kappa shape index (κ1) is 13.0. The SMILES string of the molecule is O=NNCCNC(=O)Cc1cccc2ccccc12. The minimum absolute atomic E-state index is 0.0657. The van der Waals surface area contributed by atoms with Crippen molar-refractivity contribution in [3.05, 3.63) is 52.9 Å². The molecule has 0 radical (unpaired) electrons. The van der Waals surface area contributed by atoms with E-state index in [9.17, 15) is 9.70 Å². The first-order chi connectivity index (χ1) is 9.31.